The summed E-state index contributed by atoms with van der Waals surface area (Å²) in [4.78, 5) is 10.9. The summed E-state index contributed by atoms with van der Waals surface area (Å²) in [6.07, 6.45) is 0. The quantitative estimate of drug-likeness (QED) is 0.686. The van der Waals surface area contributed by atoms with Crippen LogP contribution in [-0.4, -0.2) is 26.5 Å². The molecule has 25 heavy (non-hydrogen) atoms. The molecule has 0 aliphatic heterocycles. The first-order chi connectivity index (χ1) is 11.8. The Bertz CT molecular complexity index is 863. The van der Waals surface area contributed by atoms with Crippen LogP contribution >= 0.6 is 12.2 Å². The van der Waals surface area contributed by atoms with Gasteiger partial charge in [0.2, 0.25) is 5.91 Å². The van der Waals surface area contributed by atoms with Gasteiger partial charge >= 0.3 is 0 Å². The van der Waals surface area contributed by atoms with Gasteiger partial charge in [-0.25, -0.2) is 13.1 Å². The molecule has 0 heterocycles. The first-order valence-electron chi connectivity index (χ1n) is 7.15. The highest BCUT2D eigenvalue weighted by molar-refractivity contribution is 7.90. The van der Waals surface area contributed by atoms with Gasteiger partial charge in [-0.15, -0.1) is 0 Å². The van der Waals surface area contributed by atoms with Crippen LogP contribution in [-0.2, 0) is 14.8 Å². The van der Waals surface area contributed by atoms with Crippen LogP contribution in [0.25, 0.3) is 0 Å². The van der Waals surface area contributed by atoms with Gasteiger partial charge in [0.25, 0.3) is 10.0 Å². The van der Waals surface area contributed by atoms with Gasteiger partial charge in [-0.3, -0.25) is 4.79 Å². The first kappa shape index (κ1) is 18.7. The predicted octanol–water partition coefficient (Wildman–Crippen LogP) is 2.33. The molecule has 2 rings (SSSR count). The van der Waals surface area contributed by atoms with Crippen molar-refractivity contribution in [1.82, 2.24) is 4.72 Å². The van der Waals surface area contributed by atoms with Crippen LogP contribution in [0.1, 0.15) is 6.92 Å². The molecule has 0 aromatic heterocycles. The standard InChI is InChI=1S/C16H17N3O4S2/c1-11(20)19-25(21,22)15-9-5-13(6-10-15)18-16(24)17-12-3-7-14(23-2)8-4-12/h3-10H,1-2H3,(H,19,20)(H2,17,18,24). The minimum absolute atomic E-state index is 0.0118. The van der Waals surface area contributed by atoms with Gasteiger partial charge in [0.15, 0.2) is 5.11 Å². The second kappa shape index (κ2) is 7.95. The van der Waals surface area contributed by atoms with Gasteiger partial charge in [-0.1, -0.05) is 0 Å². The number of thiocarbonyl (C=S) groups is 1. The van der Waals surface area contributed by atoms with E-state index in [4.69, 9.17) is 17.0 Å². The van der Waals surface area contributed by atoms with Gasteiger partial charge in [0.05, 0.1) is 12.0 Å². The van der Waals surface area contributed by atoms with Crippen molar-refractivity contribution in [2.24, 2.45) is 0 Å². The van der Waals surface area contributed by atoms with Gasteiger partial charge in [0.1, 0.15) is 5.75 Å². The summed E-state index contributed by atoms with van der Waals surface area (Å²) < 4.78 is 30.7. The van der Waals surface area contributed by atoms with Crippen molar-refractivity contribution in [3.63, 3.8) is 0 Å². The highest BCUT2D eigenvalue weighted by atomic mass is 32.2. The van der Waals surface area contributed by atoms with Crippen LogP contribution in [0.2, 0.25) is 0 Å². The zero-order chi connectivity index (χ0) is 18.4. The normalized spacial score (nSPS) is 10.6. The van der Waals surface area contributed by atoms with Crippen LogP contribution < -0.4 is 20.1 Å². The Labute approximate surface area is 151 Å². The molecule has 0 fully saturated rings. The first-order valence-corrected chi connectivity index (χ1v) is 9.05. The molecule has 0 aliphatic rings. The number of hydrogen-bond donors (Lipinski definition) is 3. The van der Waals surface area contributed by atoms with Gasteiger partial charge in [-0.2, -0.15) is 0 Å². The number of rotatable bonds is 5. The third-order valence-corrected chi connectivity index (χ3v) is 4.70. The van der Waals surface area contributed by atoms with Crippen molar-refractivity contribution in [2.75, 3.05) is 17.7 Å². The number of amides is 1. The Morgan fingerprint density at radius 2 is 1.44 bits per heavy atom. The van der Waals surface area contributed by atoms with E-state index in [0.29, 0.717) is 10.8 Å². The summed E-state index contributed by atoms with van der Waals surface area (Å²) in [5.41, 5.74) is 1.39. The Hall–Kier alpha value is -2.65. The molecule has 9 heteroatoms. The Balaban J connectivity index is 2.00. The molecule has 0 spiro atoms. The minimum Gasteiger partial charge on any atom is -0.497 e. The lowest BCUT2D eigenvalue weighted by Crippen LogP contribution is -2.28. The van der Waals surface area contributed by atoms with Crippen molar-refractivity contribution in [1.29, 1.82) is 0 Å². The van der Waals surface area contributed by atoms with Crippen LogP contribution in [0.5, 0.6) is 5.75 Å². The lowest BCUT2D eigenvalue weighted by atomic mass is 10.3. The molecule has 0 unspecified atom stereocenters. The third-order valence-electron chi connectivity index (χ3n) is 3.05. The molecule has 0 bridgehead atoms. The van der Waals surface area contributed by atoms with Crippen LogP contribution in [0.15, 0.2) is 53.4 Å². The average molecular weight is 379 g/mol. The minimum atomic E-state index is -3.85. The zero-order valence-electron chi connectivity index (χ0n) is 13.6. The molecule has 1 amide bonds. The molecule has 3 N–H and O–H groups in total. The fourth-order valence-corrected chi connectivity index (χ4v) is 3.16. The molecule has 2 aromatic carbocycles. The molecule has 2 aromatic rings. The number of nitrogens with one attached hydrogen (secondary N) is 3. The molecule has 0 atom stereocenters. The van der Waals surface area contributed by atoms with Gasteiger partial charge < -0.3 is 15.4 Å². The maximum atomic E-state index is 11.9. The highest BCUT2D eigenvalue weighted by Gasteiger charge is 2.15. The van der Waals surface area contributed by atoms with E-state index in [9.17, 15) is 13.2 Å². The number of carbonyl (C=O) groups excluding carboxylic acids is 1. The SMILES string of the molecule is COc1ccc(NC(=S)Nc2ccc(S(=O)(=O)NC(C)=O)cc2)cc1. The zero-order valence-corrected chi connectivity index (χ0v) is 15.2. The summed E-state index contributed by atoms with van der Waals surface area (Å²) in [7, 11) is -2.26. The Kier molecular flexibility index (Phi) is 5.94. The maximum Gasteiger partial charge on any atom is 0.264 e. The van der Waals surface area contributed by atoms with Gasteiger partial charge in [-0.05, 0) is 60.7 Å². The summed E-state index contributed by atoms with van der Waals surface area (Å²) in [6, 6.07) is 13.1. The summed E-state index contributed by atoms with van der Waals surface area (Å²) in [6.45, 7) is 1.14. The lowest BCUT2D eigenvalue weighted by molar-refractivity contribution is -0.117. The van der Waals surface area contributed by atoms with E-state index in [1.807, 2.05) is 16.9 Å². The summed E-state index contributed by atoms with van der Waals surface area (Å²) in [5.74, 6) is 0.0902. The Morgan fingerprint density at radius 1 is 0.960 bits per heavy atom. The van der Waals surface area contributed by atoms with E-state index in [1.54, 1.807) is 31.4 Å². The van der Waals surface area contributed by atoms with Crippen molar-refractivity contribution >= 4 is 44.6 Å². The van der Waals surface area contributed by atoms with E-state index in [-0.39, 0.29) is 4.90 Å². The number of benzene rings is 2. The van der Waals surface area contributed by atoms with E-state index in [2.05, 4.69) is 10.6 Å². The molecule has 132 valence electrons. The molecular weight excluding hydrogens is 362 g/mol. The molecule has 0 saturated carbocycles. The number of hydrogen-bond acceptors (Lipinski definition) is 5. The fourth-order valence-electron chi connectivity index (χ4n) is 1.93. The monoisotopic (exact) mass is 379 g/mol. The van der Waals surface area contributed by atoms with E-state index in [1.165, 1.54) is 12.1 Å². The molecule has 0 aliphatic carbocycles. The predicted molar refractivity (Wildman–Crippen MR) is 100 cm³/mol. The third kappa shape index (κ3) is 5.44. The molecule has 0 saturated heterocycles. The summed E-state index contributed by atoms with van der Waals surface area (Å²) in [5, 5.41) is 6.30. The number of sulfonamides is 1. The van der Waals surface area contributed by atoms with Crippen LogP contribution in [0.4, 0.5) is 11.4 Å². The largest absolute Gasteiger partial charge is 0.497 e. The molecule has 0 radical (unpaired) electrons. The topological polar surface area (TPSA) is 96.5 Å². The van der Waals surface area contributed by atoms with E-state index >= 15 is 0 Å². The lowest BCUT2D eigenvalue weighted by Gasteiger charge is -2.11. The van der Waals surface area contributed by atoms with Gasteiger partial charge in [0, 0.05) is 18.3 Å². The molecular formula is C16H17N3O4S2. The number of carbonyl (C=O) groups is 1. The van der Waals surface area contributed by atoms with Crippen molar-refractivity contribution in [3.05, 3.63) is 48.5 Å². The highest BCUT2D eigenvalue weighted by Crippen LogP contribution is 2.17. The second-order valence-corrected chi connectivity index (χ2v) is 7.08. The number of ether oxygens (including phenoxy) is 1. The fraction of sp³-hybridized carbons (Fsp3) is 0.125. The number of anilines is 2. The van der Waals surface area contributed by atoms with Crippen LogP contribution in [0, 0.1) is 0 Å². The Morgan fingerprint density at radius 3 is 1.88 bits per heavy atom. The van der Waals surface area contributed by atoms with E-state index in [0.717, 1.165) is 18.4 Å². The summed E-state index contributed by atoms with van der Waals surface area (Å²) >= 11 is 5.21. The smallest absolute Gasteiger partial charge is 0.264 e. The average Bonchev–Trinajstić information content (AvgIpc) is 2.55. The van der Waals surface area contributed by atoms with Crippen molar-refractivity contribution in [3.8, 4) is 5.75 Å². The maximum absolute atomic E-state index is 11.9. The number of methoxy groups -OCH3 is 1. The second-order valence-electron chi connectivity index (χ2n) is 4.99. The van der Waals surface area contributed by atoms with Crippen LogP contribution in [0.3, 0.4) is 0 Å². The van der Waals surface area contributed by atoms with E-state index < -0.39 is 15.9 Å². The van der Waals surface area contributed by atoms with Crippen molar-refractivity contribution in [2.45, 2.75) is 11.8 Å². The van der Waals surface area contributed by atoms with Crippen molar-refractivity contribution < 1.29 is 17.9 Å². The molecule has 7 nitrogen and oxygen atoms in total.